The zero-order valence-electron chi connectivity index (χ0n) is 14.8. The second-order valence-electron chi connectivity index (χ2n) is 6.41. The molecule has 1 aromatic carbocycles. The number of nitrogens with one attached hydrogen (secondary N) is 1. The van der Waals surface area contributed by atoms with E-state index in [4.69, 9.17) is 0 Å². The molecule has 4 rings (SSSR count). The molecule has 1 unspecified atom stereocenters. The summed E-state index contributed by atoms with van der Waals surface area (Å²) in [7, 11) is 0. The Morgan fingerprint density at radius 3 is 2.69 bits per heavy atom. The lowest BCUT2D eigenvalue weighted by atomic mass is 10.2. The van der Waals surface area contributed by atoms with Crippen molar-refractivity contribution in [2.75, 3.05) is 16.8 Å². The molecule has 0 radical (unpaired) electrons. The van der Waals surface area contributed by atoms with Crippen LogP contribution >= 0.6 is 0 Å². The number of carbonyl (C=O) groups excluding carboxylic acids is 1. The Bertz CT molecular complexity index is 936. The molecule has 1 amide bonds. The second-order valence-corrected chi connectivity index (χ2v) is 6.41. The van der Waals surface area contributed by atoms with Gasteiger partial charge in [0.25, 0.3) is 0 Å². The number of nitrogens with zero attached hydrogens (tertiary/aromatic N) is 5. The van der Waals surface area contributed by atoms with Crippen molar-refractivity contribution in [3.63, 3.8) is 0 Å². The van der Waals surface area contributed by atoms with Crippen LogP contribution in [-0.4, -0.2) is 38.2 Å². The van der Waals surface area contributed by atoms with Gasteiger partial charge in [0, 0.05) is 17.9 Å². The summed E-state index contributed by atoms with van der Waals surface area (Å²) in [5.41, 5.74) is 2.83. The first-order chi connectivity index (χ1) is 12.6. The van der Waals surface area contributed by atoms with Gasteiger partial charge in [0.2, 0.25) is 5.91 Å². The Labute approximate surface area is 151 Å². The van der Waals surface area contributed by atoms with E-state index in [1.54, 1.807) is 22.0 Å². The second kappa shape index (κ2) is 6.59. The highest BCUT2D eigenvalue weighted by atomic mass is 16.2. The Kier molecular flexibility index (Phi) is 4.12. The van der Waals surface area contributed by atoms with E-state index < -0.39 is 0 Å². The van der Waals surface area contributed by atoms with Gasteiger partial charge in [-0.25, -0.2) is 9.67 Å². The molecule has 1 fully saturated rings. The summed E-state index contributed by atoms with van der Waals surface area (Å²) < 4.78 is 1.75. The molecule has 1 aliphatic rings. The maximum absolute atomic E-state index is 12.7. The topological polar surface area (TPSA) is 75.9 Å². The number of hydrogen-bond acceptors (Lipinski definition) is 5. The molecule has 1 saturated heterocycles. The van der Waals surface area contributed by atoms with Gasteiger partial charge >= 0.3 is 0 Å². The molecule has 1 atom stereocenters. The molecular weight excluding hydrogens is 328 g/mol. The van der Waals surface area contributed by atoms with Crippen LogP contribution in [0.1, 0.15) is 17.8 Å². The zero-order chi connectivity index (χ0) is 18.1. The number of rotatable bonds is 4. The highest BCUT2D eigenvalue weighted by Gasteiger charge is 2.32. The van der Waals surface area contributed by atoms with Crippen LogP contribution in [0.25, 0.3) is 5.82 Å². The molecule has 7 heteroatoms. The fourth-order valence-electron chi connectivity index (χ4n) is 3.24. The van der Waals surface area contributed by atoms with Crippen LogP contribution in [-0.2, 0) is 4.79 Å². The third-order valence-corrected chi connectivity index (χ3v) is 4.44. The van der Waals surface area contributed by atoms with Gasteiger partial charge in [0.15, 0.2) is 5.82 Å². The van der Waals surface area contributed by atoms with Gasteiger partial charge in [-0.1, -0.05) is 18.2 Å². The first-order valence-corrected chi connectivity index (χ1v) is 8.60. The molecule has 132 valence electrons. The van der Waals surface area contributed by atoms with Crippen LogP contribution in [0.3, 0.4) is 0 Å². The van der Waals surface area contributed by atoms with Gasteiger partial charge in [0.05, 0.1) is 18.1 Å². The monoisotopic (exact) mass is 348 g/mol. The summed E-state index contributed by atoms with van der Waals surface area (Å²) in [4.78, 5) is 23.3. The summed E-state index contributed by atoms with van der Waals surface area (Å²) >= 11 is 0. The van der Waals surface area contributed by atoms with Crippen molar-refractivity contribution >= 4 is 17.4 Å². The van der Waals surface area contributed by atoms with E-state index in [-0.39, 0.29) is 11.9 Å². The summed E-state index contributed by atoms with van der Waals surface area (Å²) in [5, 5.41) is 7.65. The maximum atomic E-state index is 12.7. The van der Waals surface area contributed by atoms with E-state index in [1.807, 2.05) is 50.2 Å². The fourth-order valence-corrected chi connectivity index (χ4v) is 3.24. The van der Waals surface area contributed by atoms with Crippen molar-refractivity contribution in [2.45, 2.75) is 26.3 Å². The van der Waals surface area contributed by atoms with Gasteiger partial charge in [-0.2, -0.15) is 5.10 Å². The van der Waals surface area contributed by atoms with Crippen LogP contribution in [0.4, 0.5) is 11.5 Å². The molecule has 1 aliphatic heterocycles. The van der Waals surface area contributed by atoms with E-state index in [0.717, 1.165) is 23.5 Å². The first kappa shape index (κ1) is 16.3. The number of para-hydroxylation sites is 1. The number of hydrogen-bond donors (Lipinski definition) is 1. The first-order valence-electron chi connectivity index (χ1n) is 8.60. The van der Waals surface area contributed by atoms with Crippen LogP contribution in [0.5, 0.6) is 0 Å². The van der Waals surface area contributed by atoms with Crippen molar-refractivity contribution < 1.29 is 4.79 Å². The Morgan fingerprint density at radius 2 is 1.96 bits per heavy atom. The smallest absolute Gasteiger partial charge is 0.249 e. The molecule has 26 heavy (non-hydrogen) atoms. The minimum absolute atomic E-state index is 0.0505. The molecule has 0 aliphatic carbocycles. The Balaban J connectivity index is 1.52. The molecule has 3 aromatic rings. The van der Waals surface area contributed by atoms with Gasteiger partial charge in [-0.05, 0) is 38.5 Å². The maximum Gasteiger partial charge on any atom is 0.249 e. The summed E-state index contributed by atoms with van der Waals surface area (Å²) in [6.07, 6.45) is 4.02. The average Bonchev–Trinajstić information content (AvgIpc) is 3.18. The highest BCUT2D eigenvalue weighted by molar-refractivity contribution is 6.00. The molecule has 2 aromatic heterocycles. The van der Waals surface area contributed by atoms with Crippen molar-refractivity contribution in [3.05, 3.63) is 60.2 Å². The highest BCUT2D eigenvalue weighted by Crippen LogP contribution is 2.23. The van der Waals surface area contributed by atoms with Gasteiger partial charge in [0.1, 0.15) is 11.9 Å². The van der Waals surface area contributed by atoms with E-state index in [0.29, 0.717) is 18.2 Å². The molecule has 3 heterocycles. The predicted molar refractivity (Wildman–Crippen MR) is 99.5 cm³/mol. The zero-order valence-corrected chi connectivity index (χ0v) is 14.8. The van der Waals surface area contributed by atoms with E-state index >= 15 is 0 Å². The molecule has 7 nitrogen and oxygen atoms in total. The number of amides is 1. The summed E-state index contributed by atoms with van der Waals surface area (Å²) in [6.45, 7) is 4.60. The number of benzene rings is 1. The van der Waals surface area contributed by atoms with Crippen LogP contribution in [0, 0.1) is 13.8 Å². The Morgan fingerprint density at radius 1 is 1.15 bits per heavy atom. The number of anilines is 2. The lowest BCUT2D eigenvalue weighted by molar-refractivity contribution is -0.117. The Hall–Kier alpha value is -3.22. The minimum Gasteiger partial charge on any atom is -0.357 e. The molecular formula is C19H20N6O. The number of aromatic nitrogens is 4. The standard InChI is InChI=1S/C19H20N6O/c1-13-10-14(2)25(23-13)18-12-20-11-17(22-18)21-16-8-9-24(19(16)26)15-6-4-3-5-7-15/h3-7,10-12,16H,8-9H2,1-2H3,(H,21,22). The van der Waals surface area contributed by atoms with Crippen molar-refractivity contribution in [1.82, 2.24) is 19.7 Å². The van der Waals surface area contributed by atoms with Crippen LogP contribution in [0.2, 0.25) is 0 Å². The normalized spacial score (nSPS) is 16.9. The van der Waals surface area contributed by atoms with Crippen molar-refractivity contribution in [2.24, 2.45) is 0 Å². The molecule has 0 bridgehead atoms. The average molecular weight is 348 g/mol. The minimum atomic E-state index is -0.305. The number of aryl methyl sites for hydroxylation is 2. The third-order valence-electron chi connectivity index (χ3n) is 4.44. The van der Waals surface area contributed by atoms with Gasteiger partial charge in [-0.3, -0.25) is 9.78 Å². The molecule has 0 saturated carbocycles. The summed E-state index contributed by atoms with van der Waals surface area (Å²) in [5.74, 6) is 1.25. The molecule has 0 spiro atoms. The quantitative estimate of drug-likeness (QED) is 0.784. The summed E-state index contributed by atoms with van der Waals surface area (Å²) in [6, 6.07) is 11.4. The number of carbonyl (C=O) groups is 1. The van der Waals surface area contributed by atoms with E-state index in [2.05, 4.69) is 20.4 Å². The van der Waals surface area contributed by atoms with E-state index in [9.17, 15) is 4.79 Å². The third kappa shape index (κ3) is 3.03. The predicted octanol–water partition coefficient (Wildman–Crippen LogP) is 2.50. The SMILES string of the molecule is Cc1cc(C)n(-c2cncc(NC3CCN(c4ccccc4)C3=O)n2)n1. The lowest BCUT2D eigenvalue weighted by Gasteiger charge is -2.17. The van der Waals surface area contributed by atoms with Crippen LogP contribution in [0.15, 0.2) is 48.8 Å². The fraction of sp³-hybridized carbons (Fsp3) is 0.263. The van der Waals surface area contributed by atoms with Crippen molar-refractivity contribution in [3.8, 4) is 5.82 Å². The van der Waals surface area contributed by atoms with Crippen molar-refractivity contribution in [1.29, 1.82) is 0 Å². The molecule has 1 N–H and O–H groups in total. The van der Waals surface area contributed by atoms with E-state index in [1.165, 1.54) is 0 Å². The van der Waals surface area contributed by atoms with Gasteiger partial charge < -0.3 is 10.2 Å². The van der Waals surface area contributed by atoms with Crippen LogP contribution < -0.4 is 10.2 Å². The largest absolute Gasteiger partial charge is 0.357 e. The van der Waals surface area contributed by atoms with Gasteiger partial charge in [-0.15, -0.1) is 0 Å². The lowest BCUT2D eigenvalue weighted by Crippen LogP contribution is -2.33.